The van der Waals surface area contributed by atoms with Crippen LogP contribution in [-0.4, -0.2) is 75.9 Å². The van der Waals surface area contributed by atoms with Crippen LogP contribution in [-0.2, 0) is 26.0 Å². The number of nitrogens with one attached hydrogen (secondary N) is 1. The Labute approximate surface area is 218 Å². The molecule has 0 aromatic heterocycles. The van der Waals surface area contributed by atoms with Crippen molar-refractivity contribution in [1.29, 1.82) is 0 Å². The molecule has 37 heavy (non-hydrogen) atoms. The molecule has 0 saturated carbocycles. The second kappa shape index (κ2) is 12.5. The van der Waals surface area contributed by atoms with Gasteiger partial charge >= 0.3 is 0 Å². The van der Waals surface area contributed by atoms with Crippen LogP contribution in [0.4, 0.5) is 5.69 Å². The van der Waals surface area contributed by atoms with Gasteiger partial charge in [0.05, 0.1) is 36.5 Å². The lowest BCUT2D eigenvalue weighted by molar-refractivity contribution is -0.116. The standard InChI is InChI=1S/C27H35N3O6S/c1-35-25-12-11-22(37(33,34)30-16-18-36-19-17-30)20-21(25)10-13-26(31)28-24-9-5-4-8-23(24)27(32)29-14-6-2-3-7-15-29/h4-5,8-9,11-12,20H,2-3,6-7,10,13-19H2,1H3,(H,28,31). The number of anilines is 1. The maximum atomic E-state index is 13.2. The fourth-order valence-corrected chi connectivity index (χ4v) is 6.19. The molecular weight excluding hydrogens is 494 g/mol. The van der Waals surface area contributed by atoms with E-state index in [0.717, 1.165) is 38.8 Å². The van der Waals surface area contributed by atoms with Gasteiger partial charge in [0.15, 0.2) is 0 Å². The molecule has 10 heteroatoms. The highest BCUT2D eigenvalue weighted by molar-refractivity contribution is 7.89. The minimum Gasteiger partial charge on any atom is -0.496 e. The van der Waals surface area contributed by atoms with E-state index in [9.17, 15) is 18.0 Å². The Balaban J connectivity index is 1.45. The number of aryl methyl sites for hydroxylation is 1. The number of morpholine rings is 1. The Morgan fingerprint density at radius 2 is 1.68 bits per heavy atom. The van der Waals surface area contributed by atoms with Crippen LogP contribution in [0, 0.1) is 0 Å². The van der Waals surface area contributed by atoms with E-state index in [4.69, 9.17) is 9.47 Å². The van der Waals surface area contributed by atoms with Gasteiger partial charge in [-0.25, -0.2) is 8.42 Å². The lowest BCUT2D eigenvalue weighted by Gasteiger charge is -2.26. The second-order valence-electron chi connectivity index (χ2n) is 9.29. The van der Waals surface area contributed by atoms with Crippen LogP contribution >= 0.6 is 0 Å². The zero-order valence-electron chi connectivity index (χ0n) is 21.3. The number of sulfonamides is 1. The largest absolute Gasteiger partial charge is 0.496 e. The maximum absolute atomic E-state index is 13.2. The number of rotatable bonds is 8. The zero-order valence-corrected chi connectivity index (χ0v) is 22.1. The maximum Gasteiger partial charge on any atom is 0.255 e. The molecule has 0 bridgehead atoms. The number of hydrogen-bond acceptors (Lipinski definition) is 6. The molecule has 2 saturated heterocycles. The molecular formula is C27H35N3O6S. The van der Waals surface area contributed by atoms with Crippen molar-refractivity contribution in [2.75, 3.05) is 51.8 Å². The monoisotopic (exact) mass is 529 g/mol. The molecule has 2 aliphatic rings. The Kier molecular flexibility index (Phi) is 9.18. The third-order valence-electron chi connectivity index (χ3n) is 6.81. The third-order valence-corrected chi connectivity index (χ3v) is 8.70. The Bertz CT molecular complexity index is 1200. The van der Waals surface area contributed by atoms with Crippen LogP contribution in [0.2, 0.25) is 0 Å². The van der Waals surface area contributed by atoms with E-state index >= 15 is 0 Å². The van der Waals surface area contributed by atoms with Crippen molar-refractivity contribution in [2.24, 2.45) is 0 Å². The topological polar surface area (TPSA) is 105 Å². The molecule has 2 aliphatic heterocycles. The lowest BCUT2D eigenvalue weighted by Crippen LogP contribution is -2.40. The van der Waals surface area contributed by atoms with Gasteiger partial charge in [-0.3, -0.25) is 9.59 Å². The normalized spacial score (nSPS) is 17.2. The predicted molar refractivity (Wildman–Crippen MR) is 140 cm³/mol. The summed E-state index contributed by atoms with van der Waals surface area (Å²) in [7, 11) is -2.16. The zero-order chi connectivity index (χ0) is 26.3. The van der Waals surface area contributed by atoms with Crippen LogP contribution < -0.4 is 10.1 Å². The fourth-order valence-electron chi connectivity index (χ4n) is 4.73. The van der Waals surface area contributed by atoms with Gasteiger partial charge in [-0.2, -0.15) is 4.31 Å². The quantitative estimate of drug-likeness (QED) is 0.563. The van der Waals surface area contributed by atoms with Crippen LogP contribution in [0.25, 0.3) is 0 Å². The molecule has 1 N–H and O–H groups in total. The summed E-state index contributed by atoms with van der Waals surface area (Å²) >= 11 is 0. The smallest absolute Gasteiger partial charge is 0.255 e. The molecule has 2 fully saturated rings. The first kappa shape index (κ1) is 27.1. The van der Waals surface area contributed by atoms with E-state index in [-0.39, 0.29) is 29.6 Å². The molecule has 0 spiro atoms. The van der Waals surface area contributed by atoms with E-state index in [1.165, 1.54) is 17.5 Å². The highest BCUT2D eigenvalue weighted by Gasteiger charge is 2.27. The van der Waals surface area contributed by atoms with E-state index in [2.05, 4.69) is 5.32 Å². The number of carbonyl (C=O) groups is 2. The minimum atomic E-state index is -3.67. The molecule has 0 unspecified atom stereocenters. The summed E-state index contributed by atoms with van der Waals surface area (Å²) in [6, 6.07) is 11.8. The van der Waals surface area contributed by atoms with Crippen LogP contribution in [0.3, 0.4) is 0 Å². The number of benzene rings is 2. The molecule has 2 amide bonds. The first-order valence-electron chi connectivity index (χ1n) is 12.8. The highest BCUT2D eigenvalue weighted by Crippen LogP contribution is 2.27. The van der Waals surface area contributed by atoms with Gasteiger partial charge in [-0.15, -0.1) is 0 Å². The number of para-hydroxylation sites is 1. The molecule has 200 valence electrons. The van der Waals surface area contributed by atoms with E-state index in [0.29, 0.717) is 48.9 Å². The van der Waals surface area contributed by atoms with Gasteiger partial charge in [0.2, 0.25) is 15.9 Å². The van der Waals surface area contributed by atoms with Crippen molar-refractivity contribution in [3.05, 3.63) is 53.6 Å². The molecule has 0 radical (unpaired) electrons. The van der Waals surface area contributed by atoms with Crippen LogP contribution in [0.5, 0.6) is 5.75 Å². The van der Waals surface area contributed by atoms with Gasteiger partial charge in [0, 0.05) is 32.6 Å². The summed E-state index contributed by atoms with van der Waals surface area (Å²) in [5.74, 6) is 0.186. The van der Waals surface area contributed by atoms with Crippen molar-refractivity contribution in [1.82, 2.24) is 9.21 Å². The second-order valence-corrected chi connectivity index (χ2v) is 11.2. The van der Waals surface area contributed by atoms with Crippen LogP contribution in [0.15, 0.2) is 47.4 Å². The number of ether oxygens (including phenoxy) is 2. The average Bonchev–Trinajstić information content (AvgIpc) is 3.22. The number of nitrogens with zero attached hydrogens (tertiary/aromatic N) is 2. The number of carbonyl (C=O) groups excluding carboxylic acids is 2. The van der Waals surface area contributed by atoms with Gasteiger partial charge in [-0.1, -0.05) is 25.0 Å². The summed E-state index contributed by atoms with van der Waals surface area (Å²) in [6.45, 7) is 2.80. The van der Waals surface area contributed by atoms with Crippen molar-refractivity contribution < 1.29 is 27.5 Å². The number of amides is 2. The highest BCUT2D eigenvalue weighted by atomic mass is 32.2. The Morgan fingerprint density at radius 1 is 0.973 bits per heavy atom. The van der Waals surface area contributed by atoms with Gasteiger partial charge < -0.3 is 19.7 Å². The Morgan fingerprint density at radius 3 is 2.38 bits per heavy atom. The number of hydrogen-bond donors (Lipinski definition) is 1. The molecule has 2 heterocycles. The van der Waals surface area contributed by atoms with Crippen LogP contribution in [0.1, 0.15) is 48.0 Å². The molecule has 0 atom stereocenters. The van der Waals surface area contributed by atoms with Gasteiger partial charge in [0.25, 0.3) is 5.91 Å². The van der Waals surface area contributed by atoms with Gasteiger partial charge in [0.1, 0.15) is 5.75 Å². The van der Waals surface area contributed by atoms with E-state index < -0.39 is 10.0 Å². The molecule has 2 aromatic rings. The van der Waals surface area contributed by atoms with Crippen molar-refractivity contribution in [2.45, 2.75) is 43.4 Å². The summed E-state index contributed by atoms with van der Waals surface area (Å²) < 4.78 is 38.3. The summed E-state index contributed by atoms with van der Waals surface area (Å²) in [5, 5.41) is 2.88. The summed E-state index contributed by atoms with van der Waals surface area (Å²) in [6.07, 6.45) is 4.61. The minimum absolute atomic E-state index is 0.0690. The molecule has 0 aliphatic carbocycles. The van der Waals surface area contributed by atoms with Gasteiger partial charge in [-0.05, 0) is 55.2 Å². The summed E-state index contributed by atoms with van der Waals surface area (Å²) in [4.78, 5) is 28.1. The predicted octanol–water partition coefficient (Wildman–Crippen LogP) is 3.30. The SMILES string of the molecule is COc1ccc(S(=O)(=O)N2CCOCC2)cc1CCC(=O)Nc1ccccc1C(=O)N1CCCCCC1. The molecule has 9 nitrogen and oxygen atoms in total. The van der Waals surface area contributed by atoms with E-state index in [1.54, 1.807) is 36.4 Å². The number of methoxy groups -OCH3 is 1. The fraction of sp³-hybridized carbons (Fsp3) is 0.481. The van der Waals surface area contributed by atoms with Crippen molar-refractivity contribution in [3.63, 3.8) is 0 Å². The molecule has 2 aromatic carbocycles. The Hall–Kier alpha value is -2.95. The average molecular weight is 530 g/mol. The lowest BCUT2D eigenvalue weighted by atomic mass is 10.1. The van der Waals surface area contributed by atoms with Crippen molar-refractivity contribution >= 4 is 27.5 Å². The van der Waals surface area contributed by atoms with Crippen molar-refractivity contribution in [3.8, 4) is 5.75 Å². The summed E-state index contributed by atoms with van der Waals surface area (Å²) in [5.41, 5.74) is 1.59. The first-order valence-corrected chi connectivity index (χ1v) is 14.3. The number of likely N-dealkylation sites (tertiary alicyclic amines) is 1. The van der Waals surface area contributed by atoms with E-state index in [1.807, 2.05) is 4.90 Å². The first-order chi connectivity index (χ1) is 17.9. The third kappa shape index (κ3) is 6.68. The molecule has 4 rings (SSSR count).